The second kappa shape index (κ2) is 8.41. The quantitative estimate of drug-likeness (QED) is 0.549. The fourth-order valence-electron chi connectivity index (χ4n) is 4.37. The molecule has 4 atom stereocenters. The molecule has 2 aromatic rings. The molecule has 1 saturated heterocycles. The van der Waals surface area contributed by atoms with Crippen molar-refractivity contribution in [1.29, 1.82) is 0 Å². The molecule has 29 heavy (non-hydrogen) atoms. The van der Waals surface area contributed by atoms with Crippen LogP contribution in [0.3, 0.4) is 0 Å². The van der Waals surface area contributed by atoms with E-state index < -0.39 is 6.23 Å². The number of phenolic OH excluding ortho intramolecular Hbond substituents is 1. The van der Waals surface area contributed by atoms with Crippen LogP contribution in [0.1, 0.15) is 29.0 Å². The smallest absolute Gasteiger partial charge is 0.306 e. The second-order valence-electron chi connectivity index (χ2n) is 7.64. The highest BCUT2D eigenvalue weighted by atomic mass is 16.5. The van der Waals surface area contributed by atoms with Gasteiger partial charge >= 0.3 is 5.97 Å². The van der Waals surface area contributed by atoms with Gasteiger partial charge in [-0.25, -0.2) is 5.43 Å². The van der Waals surface area contributed by atoms with Crippen LogP contribution in [0.5, 0.6) is 11.5 Å². The summed E-state index contributed by atoms with van der Waals surface area (Å²) in [7, 11) is 1.36. The molecule has 4 rings (SSSR count). The normalized spacial score (nSPS) is 24.0. The summed E-state index contributed by atoms with van der Waals surface area (Å²) in [6, 6.07) is 12.9. The van der Waals surface area contributed by atoms with Crippen molar-refractivity contribution >= 4 is 5.97 Å². The molecule has 7 heteroatoms. The minimum Gasteiger partial charge on any atom is -0.508 e. The minimum atomic E-state index is -0.818. The zero-order chi connectivity index (χ0) is 20.4. The van der Waals surface area contributed by atoms with Crippen molar-refractivity contribution in [1.82, 2.24) is 10.9 Å². The van der Waals surface area contributed by atoms with E-state index in [1.54, 1.807) is 24.3 Å². The number of rotatable bonds is 6. The Labute approximate surface area is 169 Å². The van der Waals surface area contributed by atoms with Crippen LogP contribution >= 0.6 is 0 Å². The average Bonchev–Trinajstić information content (AvgIpc) is 3.33. The summed E-state index contributed by atoms with van der Waals surface area (Å²) in [6.07, 6.45) is 0.920. The van der Waals surface area contributed by atoms with Crippen molar-refractivity contribution in [3.63, 3.8) is 0 Å². The lowest BCUT2D eigenvalue weighted by Gasteiger charge is -2.29. The largest absolute Gasteiger partial charge is 0.508 e. The van der Waals surface area contributed by atoms with Gasteiger partial charge < -0.3 is 19.7 Å². The van der Waals surface area contributed by atoms with Gasteiger partial charge in [0.25, 0.3) is 0 Å². The van der Waals surface area contributed by atoms with Gasteiger partial charge in [-0.2, -0.15) is 0 Å². The molecule has 7 nitrogen and oxygen atoms in total. The maximum Gasteiger partial charge on any atom is 0.306 e. The molecule has 2 aliphatic heterocycles. The van der Waals surface area contributed by atoms with E-state index in [4.69, 9.17) is 9.47 Å². The summed E-state index contributed by atoms with van der Waals surface area (Å²) in [5.41, 5.74) is 9.34. The number of hydrazine groups is 1. The molecular formula is C22H26N2O5. The van der Waals surface area contributed by atoms with Crippen molar-refractivity contribution in [2.24, 2.45) is 5.92 Å². The van der Waals surface area contributed by atoms with E-state index in [2.05, 4.69) is 16.9 Å². The van der Waals surface area contributed by atoms with Crippen molar-refractivity contribution < 1.29 is 24.5 Å². The maximum absolute atomic E-state index is 12.1. The molecule has 0 bridgehead atoms. The van der Waals surface area contributed by atoms with Crippen molar-refractivity contribution in [2.45, 2.75) is 37.5 Å². The monoisotopic (exact) mass is 398 g/mol. The molecule has 4 N–H and O–H groups in total. The van der Waals surface area contributed by atoms with Crippen molar-refractivity contribution in [3.8, 4) is 11.5 Å². The maximum atomic E-state index is 12.1. The number of hydrogen-bond donors (Lipinski definition) is 4. The molecule has 0 radical (unpaired) electrons. The van der Waals surface area contributed by atoms with Crippen molar-refractivity contribution in [3.05, 3.63) is 59.2 Å². The number of benzene rings is 2. The zero-order valence-electron chi connectivity index (χ0n) is 16.3. The first-order valence-electron chi connectivity index (χ1n) is 9.84. The summed E-state index contributed by atoms with van der Waals surface area (Å²) in [4.78, 5) is 12.1. The standard InChI is InChI=1S/C22H26N2O5/c1-28-20(26)12-17(14-3-5-16(25)6-4-14)21-18(23-24-22(21)27)11-13-2-7-19-15(10-13)8-9-29-19/h2-7,10,17-18,21-25,27H,8-9,11-12H2,1H3. The summed E-state index contributed by atoms with van der Waals surface area (Å²) in [6.45, 7) is 0.714. The lowest BCUT2D eigenvalue weighted by Crippen LogP contribution is -2.36. The summed E-state index contributed by atoms with van der Waals surface area (Å²) < 4.78 is 10.5. The summed E-state index contributed by atoms with van der Waals surface area (Å²) >= 11 is 0. The number of nitrogens with one attached hydrogen (secondary N) is 2. The molecule has 4 unspecified atom stereocenters. The van der Waals surface area contributed by atoms with Gasteiger partial charge in [0.15, 0.2) is 0 Å². The Morgan fingerprint density at radius 3 is 2.79 bits per heavy atom. The SMILES string of the molecule is COC(=O)CC(c1ccc(O)cc1)C1C(O)NNC1Cc1ccc2c(c1)CCO2. The molecule has 0 aromatic heterocycles. The number of methoxy groups -OCH3 is 1. The zero-order valence-corrected chi connectivity index (χ0v) is 16.3. The number of aliphatic hydroxyl groups excluding tert-OH is 1. The molecule has 0 amide bonds. The second-order valence-corrected chi connectivity index (χ2v) is 7.64. The first kappa shape index (κ1) is 19.7. The van der Waals surface area contributed by atoms with Crippen LogP contribution in [-0.4, -0.2) is 42.2 Å². The Morgan fingerprint density at radius 2 is 2.03 bits per heavy atom. The fourth-order valence-corrected chi connectivity index (χ4v) is 4.37. The summed E-state index contributed by atoms with van der Waals surface area (Å²) in [5, 5.41) is 20.3. The molecule has 2 aromatic carbocycles. The van der Waals surface area contributed by atoms with E-state index in [9.17, 15) is 15.0 Å². The fraction of sp³-hybridized carbons (Fsp3) is 0.409. The Bertz CT molecular complexity index is 870. The Balaban J connectivity index is 1.60. The number of aliphatic hydroxyl groups is 1. The molecular weight excluding hydrogens is 372 g/mol. The van der Waals surface area contributed by atoms with E-state index >= 15 is 0 Å². The number of hydrogen-bond acceptors (Lipinski definition) is 7. The van der Waals surface area contributed by atoms with Crippen LogP contribution in [0.2, 0.25) is 0 Å². The van der Waals surface area contributed by atoms with E-state index in [0.29, 0.717) is 13.0 Å². The Morgan fingerprint density at radius 1 is 1.24 bits per heavy atom. The predicted octanol–water partition coefficient (Wildman–Crippen LogP) is 1.63. The van der Waals surface area contributed by atoms with Gasteiger partial charge in [-0.1, -0.05) is 24.3 Å². The van der Waals surface area contributed by atoms with E-state index in [1.807, 2.05) is 12.1 Å². The molecule has 0 saturated carbocycles. The van der Waals surface area contributed by atoms with Gasteiger partial charge in [0.1, 0.15) is 17.7 Å². The highest BCUT2D eigenvalue weighted by molar-refractivity contribution is 5.70. The van der Waals surface area contributed by atoms with Gasteiger partial charge in [-0.15, -0.1) is 0 Å². The molecule has 0 aliphatic carbocycles. The van der Waals surface area contributed by atoms with Crippen LogP contribution in [-0.2, 0) is 22.4 Å². The third-order valence-electron chi connectivity index (χ3n) is 5.86. The van der Waals surface area contributed by atoms with Crippen LogP contribution in [0.25, 0.3) is 0 Å². The minimum absolute atomic E-state index is 0.0890. The first-order valence-corrected chi connectivity index (χ1v) is 9.84. The Hall–Kier alpha value is -2.61. The molecule has 1 fully saturated rings. The van der Waals surface area contributed by atoms with Crippen LogP contribution in [0.4, 0.5) is 0 Å². The predicted molar refractivity (Wildman–Crippen MR) is 106 cm³/mol. The Kier molecular flexibility index (Phi) is 5.71. The number of ether oxygens (including phenoxy) is 2. The third kappa shape index (κ3) is 4.22. The highest BCUT2D eigenvalue weighted by Crippen LogP contribution is 2.37. The first-order chi connectivity index (χ1) is 14.0. The van der Waals surface area contributed by atoms with Gasteiger partial charge in [-0.3, -0.25) is 10.2 Å². The van der Waals surface area contributed by atoms with Gasteiger partial charge in [-0.05, 0) is 41.3 Å². The highest BCUT2D eigenvalue weighted by Gasteiger charge is 2.41. The number of carbonyl (C=O) groups is 1. The number of phenols is 1. The number of carbonyl (C=O) groups excluding carboxylic acids is 1. The molecule has 2 aliphatic rings. The van der Waals surface area contributed by atoms with Gasteiger partial charge in [0.2, 0.25) is 0 Å². The molecule has 154 valence electrons. The third-order valence-corrected chi connectivity index (χ3v) is 5.86. The topological polar surface area (TPSA) is 100 Å². The average molecular weight is 398 g/mol. The summed E-state index contributed by atoms with van der Waals surface area (Å²) in [5.74, 6) is 0.225. The van der Waals surface area contributed by atoms with E-state index in [-0.39, 0.29) is 36.0 Å². The number of fused-ring (bicyclic) bond motifs is 1. The van der Waals surface area contributed by atoms with Crippen LogP contribution < -0.4 is 15.6 Å². The van der Waals surface area contributed by atoms with Gasteiger partial charge in [0.05, 0.1) is 20.1 Å². The lowest BCUT2D eigenvalue weighted by molar-refractivity contribution is -0.141. The number of esters is 1. The van der Waals surface area contributed by atoms with Crippen LogP contribution in [0, 0.1) is 5.92 Å². The van der Waals surface area contributed by atoms with E-state index in [0.717, 1.165) is 23.3 Å². The molecule has 2 heterocycles. The molecule has 0 spiro atoms. The van der Waals surface area contributed by atoms with Crippen molar-refractivity contribution in [2.75, 3.05) is 13.7 Å². The van der Waals surface area contributed by atoms with Crippen LogP contribution in [0.15, 0.2) is 42.5 Å². The van der Waals surface area contributed by atoms with E-state index in [1.165, 1.54) is 12.7 Å². The number of aromatic hydroxyl groups is 1. The van der Waals surface area contributed by atoms with Gasteiger partial charge in [0, 0.05) is 24.3 Å². The lowest BCUT2D eigenvalue weighted by atomic mass is 9.77.